The van der Waals surface area contributed by atoms with E-state index in [1.54, 1.807) is 11.3 Å². The molecule has 1 aliphatic rings. The van der Waals surface area contributed by atoms with Gasteiger partial charge in [-0.2, -0.15) is 0 Å². The summed E-state index contributed by atoms with van der Waals surface area (Å²) in [5.74, 6) is 0.251. The minimum Gasteiger partial charge on any atom is -0.368 e. The van der Waals surface area contributed by atoms with Crippen LogP contribution >= 0.6 is 11.3 Å². The van der Waals surface area contributed by atoms with Crippen LogP contribution < -0.4 is 10.6 Å². The summed E-state index contributed by atoms with van der Waals surface area (Å²) in [6, 6.07) is 10.7. The van der Waals surface area contributed by atoms with Crippen molar-refractivity contribution < 1.29 is 4.79 Å². The topological polar surface area (TPSA) is 59.2 Å². The van der Waals surface area contributed by atoms with Gasteiger partial charge in [-0.25, -0.2) is 4.98 Å². The van der Waals surface area contributed by atoms with Crippen molar-refractivity contribution in [2.45, 2.75) is 25.2 Å². The van der Waals surface area contributed by atoms with Crippen molar-refractivity contribution in [3.8, 4) is 0 Å². The highest BCUT2D eigenvalue weighted by molar-refractivity contribution is 7.15. The fraction of sp³-hybridized carbons (Fsp3) is 0.375. The molecule has 4 nitrogen and oxygen atoms in total. The SMILES string of the molecule is CN(CC(N)=O)c1nc2c(s1)CC(c1ccccc1)CC2. The molecule has 0 spiro atoms. The van der Waals surface area contributed by atoms with Crippen LogP contribution in [0.15, 0.2) is 30.3 Å². The molecule has 0 fully saturated rings. The standard InChI is InChI=1S/C16H19N3OS/c1-19(10-15(17)20)16-18-13-8-7-12(9-14(13)21-16)11-5-3-2-4-6-11/h2-6,12H,7-10H2,1H3,(H2,17,20). The third-order valence-corrected chi connectivity index (χ3v) is 5.15. The van der Waals surface area contributed by atoms with Crippen LogP contribution in [-0.4, -0.2) is 24.5 Å². The Morgan fingerprint density at radius 2 is 2.19 bits per heavy atom. The maximum absolute atomic E-state index is 11.0. The molecule has 1 heterocycles. The Balaban J connectivity index is 1.77. The molecule has 110 valence electrons. The molecule has 1 aromatic heterocycles. The minimum absolute atomic E-state index is 0.217. The van der Waals surface area contributed by atoms with Gasteiger partial charge in [-0.3, -0.25) is 4.79 Å². The van der Waals surface area contributed by atoms with Crippen LogP contribution in [0, 0.1) is 0 Å². The molecule has 1 aromatic carbocycles. The predicted octanol–water partition coefficient (Wildman–Crippen LogP) is 2.34. The lowest BCUT2D eigenvalue weighted by atomic mass is 9.85. The Morgan fingerprint density at radius 3 is 2.90 bits per heavy atom. The van der Waals surface area contributed by atoms with Gasteiger partial charge in [-0.1, -0.05) is 30.3 Å². The van der Waals surface area contributed by atoms with E-state index < -0.39 is 0 Å². The maximum Gasteiger partial charge on any atom is 0.237 e. The van der Waals surface area contributed by atoms with Crippen molar-refractivity contribution in [3.63, 3.8) is 0 Å². The van der Waals surface area contributed by atoms with Crippen LogP contribution in [0.3, 0.4) is 0 Å². The van der Waals surface area contributed by atoms with Gasteiger partial charge >= 0.3 is 0 Å². The fourth-order valence-electron chi connectivity index (χ4n) is 2.84. The number of hydrogen-bond acceptors (Lipinski definition) is 4. The molecule has 21 heavy (non-hydrogen) atoms. The largest absolute Gasteiger partial charge is 0.368 e. The number of nitrogens with two attached hydrogens (primary N) is 1. The number of anilines is 1. The average Bonchev–Trinajstić information content (AvgIpc) is 2.90. The maximum atomic E-state index is 11.0. The van der Waals surface area contributed by atoms with Gasteiger partial charge in [0.1, 0.15) is 0 Å². The molecule has 1 amide bonds. The van der Waals surface area contributed by atoms with Crippen molar-refractivity contribution >= 4 is 22.4 Å². The zero-order valence-corrected chi connectivity index (χ0v) is 12.9. The van der Waals surface area contributed by atoms with Gasteiger partial charge in [0, 0.05) is 11.9 Å². The Morgan fingerprint density at radius 1 is 1.43 bits per heavy atom. The second-order valence-electron chi connectivity index (χ2n) is 5.54. The number of benzene rings is 1. The second kappa shape index (κ2) is 5.85. The summed E-state index contributed by atoms with van der Waals surface area (Å²) in [7, 11) is 1.86. The molecule has 2 aromatic rings. The molecule has 3 rings (SSSR count). The lowest BCUT2D eigenvalue weighted by Crippen LogP contribution is -2.30. The van der Waals surface area contributed by atoms with E-state index >= 15 is 0 Å². The first kappa shape index (κ1) is 14.1. The van der Waals surface area contributed by atoms with Gasteiger partial charge in [0.15, 0.2) is 5.13 Å². The number of nitrogens with zero attached hydrogens (tertiary/aromatic N) is 2. The summed E-state index contributed by atoms with van der Waals surface area (Å²) in [6.07, 6.45) is 3.19. The van der Waals surface area contributed by atoms with Crippen LogP contribution in [0.25, 0.3) is 0 Å². The van der Waals surface area contributed by atoms with Crippen molar-refractivity contribution in [2.24, 2.45) is 5.73 Å². The second-order valence-corrected chi connectivity index (χ2v) is 6.60. The normalized spacial score (nSPS) is 17.3. The van der Waals surface area contributed by atoms with Gasteiger partial charge in [0.25, 0.3) is 0 Å². The number of fused-ring (bicyclic) bond motifs is 1. The predicted molar refractivity (Wildman–Crippen MR) is 85.8 cm³/mol. The third-order valence-electron chi connectivity index (χ3n) is 3.92. The molecular formula is C16H19N3OS. The first-order valence-corrected chi connectivity index (χ1v) is 7.98. The van der Waals surface area contributed by atoms with Crippen LogP contribution in [0.5, 0.6) is 0 Å². The highest BCUT2D eigenvalue weighted by Gasteiger charge is 2.24. The van der Waals surface area contributed by atoms with Crippen LogP contribution in [0.4, 0.5) is 5.13 Å². The lowest BCUT2D eigenvalue weighted by Gasteiger charge is -2.21. The smallest absolute Gasteiger partial charge is 0.237 e. The molecule has 1 unspecified atom stereocenters. The van der Waals surface area contributed by atoms with Crippen molar-refractivity contribution in [3.05, 3.63) is 46.5 Å². The van der Waals surface area contributed by atoms with E-state index in [4.69, 9.17) is 5.73 Å². The van der Waals surface area contributed by atoms with E-state index in [1.807, 2.05) is 11.9 Å². The number of hydrogen-bond donors (Lipinski definition) is 1. The number of thiazole rings is 1. The van der Waals surface area contributed by atoms with E-state index in [0.717, 1.165) is 24.4 Å². The van der Waals surface area contributed by atoms with Gasteiger partial charge in [0.05, 0.1) is 12.2 Å². The minimum atomic E-state index is -0.326. The Kier molecular flexibility index (Phi) is 3.92. The van der Waals surface area contributed by atoms with E-state index in [-0.39, 0.29) is 12.5 Å². The summed E-state index contributed by atoms with van der Waals surface area (Å²) >= 11 is 1.69. The number of aryl methyl sites for hydroxylation is 1. The molecule has 0 saturated heterocycles. The Hall–Kier alpha value is -1.88. The molecule has 5 heteroatoms. The zero-order chi connectivity index (χ0) is 14.8. The van der Waals surface area contributed by atoms with Crippen LogP contribution in [-0.2, 0) is 17.6 Å². The molecule has 0 bridgehead atoms. The first-order valence-electron chi connectivity index (χ1n) is 7.16. The number of likely N-dealkylation sites (N-methyl/N-ethyl adjacent to an activating group) is 1. The number of rotatable bonds is 4. The number of primary amides is 1. The summed E-state index contributed by atoms with van der Waals surface area (Å²) in [6.45, 7) is 0.217. The third kappa shape index (κ3) is 3.08. The molecule has 0 radical (unpaired) electrons. The Bertz CT molecular complexity index is 638. The average molecular weight is 301 g/mol. The van der Waals surface area contributed by atoms with E-state index in [0.29, 0.717) is 5.92 Å². The molecule has 0 saturated carbocycles. The van der Waals surface area contributed by atoms with Crippen LogP contribution in [0.2, 0.25) is 0 Å². The number of amides is 1. The number of aromatic nitrogens is 1. The van der Waals surface area contributed by atoms with Gasteiger partial charge in [-0.05, 0) is 30.7 Å². The van der Waals surface area contributed by atoms with Crippen LogP contribution in [0.1, 0.15) is 28.5 Å². The molecule has 2 N–H and O–H groups in total. The molecular weight excluding hydrogens is 282 g/mol. The van der Waals surface area contributed by atoms with Crippen molar-refractivity contribution in [1.29, 1.82) is 0 Å². The zero-order valence-electron chi connectivity index (χ0n) is 12.1. The fourth-order valence-corrected chi connectivity index (χ4v) is 3.98. The van der Waals surface area contributed by atoms with E-state index in [1.165, 1.54) is 16.1 Å². The van der Waals surface area contributed by atoms with Crippen molar-refractivity contribution in [1.82, 2.24) is 4.98 Å². The highest BCUT2D eigenvalue weighted by atomic mass is 32.1. The van der Waals surface area contributed by atoms with E-state index in [2.05, 4.69) is 35.3 Å². The van der Waals surface area contributed by atoms with E-state index in [9.17, 15) is 4.79 Å². The van der Waals surface area contributed by atoms with Crippen molar-refractivity contribution in [2.75, 3.05) is 18.5 Å². The quantitative estimate of drug-likeness (QED) is 0.943. The molecule has 0 aliphatic heterocycles. The highest BCUT2D eigenvalue weighted by Crippen LogP contribution is 2.37. The Labute approximate surface area is 128 Å². The summed E-state index contributed by atoms with van der Waals surface area (Å²) in [5, 5.41) is 0.896. The monoisotopic (exact) mass is 301 g/mol. The first-order chi connectivity index (χ1) is 10.1. The van der Waals surface area contributed by atoms with Gasteiger partial charge in [-0.15, -0.1) is 11.3 Å². The summed E-state index contributed by atoms with van der Waals surface area (Å²) in [4.78, 5) is 18.9. The summed E-state index contributed by atoms with van der Waals surface area (Å²) < 4.78 is 0. The van der Waals surface area contributed by atoms with Gasteiger partial charge in [0.2, 0.25) is 5.91 Å². The van der Waals surface area contributed by atoms with Gasteiger partial charge < -0.3 is 10.6 Å². The number of carbonyl (C=O) groups excluding carboxylic acids is 1. The molecule has 1 atom stereocenters. The lowest BCUT2D eigenvalue weighted by molar-refractivity contribution is -0.116. The molecule has 1 aliphatic carbocycles. The summed E-state index contributed by atoms with van der Waals surface area (Å²) in [5.41, 5.74) is 7.85. The number of carbonyl (C=O) groups is 1.